The van der Waals surface area contributed by atoms with Crippen LogP contribution in [0.25, 0.3) is 54.1 Å². The van der Waals surface area contributed by atoms with E-state index in [2.05, 4.69) is 124 Å². The van der Waals surface area contributed by atoms with E-state index in [1.54, 1.807) is 0 Å². The van der Waals surface area contributed by atoms with E-state index in [1.165, 1.54) is 105 Å². The Kier molecular flexibility index (Phi) is 9.36. The van der Waals surface area contributed by atoms with Crippen molar-refractivity contribution in [2.24, 2.45) is 23.7 Å². The maximum Gasteiger partial charge on any atom is 0.0486 e. The minimum atomic E-state index is 0.773. The van der Waals surface area contributed by atoms with E-state index >= 15 is 0 Å². The Morgan fingerprint density at radius 2 is 0.727 bits per heavy atom. The number of aryl methyl sites for hydroxylation is 2. The summed E-state index contributed by atoms with van der Waals surface area (Å²) in [7, 11) is 0. The van der Waals surface area contributed by atoms with Crippen LogP contribution in [0.1, 0.15) is 92.9 Å². The van der Waals surface area contributed by atoms with Gasteiger partial charge in [-0.15, -0.1) is 0 Å². The highest BCUT2D eigenvalue weighted by Gasteiger charge is 2.13. The number of rotatable bonds is 14. The van der Waals surface area contributed by atoms with Gasteiger partial charge in [0.2, 0.25) is 0 Å². The number of benzene rings is 4. The van der Waals surface area contributed by atoms with Gasteiger partial charge >= 0.3 is 0 Å². The minimum Gasteiger partial charge on any atom is -0.347 e. The van der Waals surface area contributed by atoms with E-state index in [0.29, 0.717) is 0 Å². The fourth-order valence-corrected chi connectivity index (χ4v) is 7.55. The van der Waals surface area contributed by atoms with Crippen molar-refractivity contribution in [3.05, 3.63) is 73.1 Å². The second-order valence-electron chi connectivity index (χ2n) is 14.9. The zero-order chi connectivity index (χ0) is 30.8. The van der Waals surface area contributed by atoms with Gasteiger partial charge in [-0.25, -0.2) is 0 Å². The zero-order valence-electron chi connectivity index (χ0n) is 28.2. The van der Waals surface area contributed by atoms with E-state index < -0.39 is 0 Å². The van der Waals surface area contributed by atoms with Crippen molar-refractivity contribution in [1.29, 1.82) is 0 Å². The van der Waals surface area contributed by atoms with Crippen molar-refractivity contribution in [1.82, 2.24) is 9.13 Å². The maximum atomic E-state index is 2.48. The number of aromatic nitrogens is 2. The Hall–Kier alpha value is -3.26. The Morgan fingerprint density at radius 3 is 1.09 bits per heavy atom. The van der Waals surface area contributed by atoms with Gasteiger partial charge in [-0.1, -0.05) is 116 Å². The molecule has 0 aliphatic rings. The molecule has 2 heteroatoms. The summed E-state index contributed by atoms with van der Waals surface area (Å²) in [6.07, 6.45) is 15.2. The molecule has 0 spiro atoms. The molecule has 0 amide bonds. The van der Waals surface area contributed by atoms with Gasteiger partial charge in [-0.05, 0) is 93.1 Å². The summed E-state index contributed by atoms with van der Waals surface area (Å²) in [4.78, 5) is 0. The fourth-order valence-electron chi connectivity index (χ4n) is 7.55. The predicted octanol–water partition coefficient (Wildman–Crippen LogP) is 12.8. The average Bonchev–Trinajstić information content (AvgIpc) is 3.62. The van der Waals surface area contributed by atoms with Gasteiger partial charge in [-0.3, -0.25) is 0 Å². The molecule has 2 atom stereocenters. The molecule has 6 rings (SSSR count). The smallest absolute Gasteiger partial charge is 0.0486 e. The predicted molar refractivity (Wildman–Crippen MR) is 195 cm³/mol. The summed E-state index contributed by atoms with van der Waals surface area (Å²) in [5.41, 5.74) is 2.73. The number of fused-ring (bicyclic) bond motifs is 9. The Labute approximate surface area is 265 Å². The highest BCUT2D eigenvalue weighted by molar-refractivity contribution is 6.24. The normalized spacial score (nSPS) is 13.9. The summed E-state index contributed by atoms with van der Waals surface area (Å²) in [6.45, 7) is 16.4. The molecule has 2 unspecified atom stereocenters. The van der Waals surface area contributed by atoms with Crippen LogP contribution in [0.2, 0.25) is 0 Å². The third-order valence-corrected chi connectivity index (χ3v) is 10.4. The van der Waals surface area contributed by atoms with Crippen LogP contribution in [-0.2, 0) is 13.1 Å². The third kappa shape index (κ3) is 6.42. The monoisotopic (exact) mass is 586 g/mol. The van der Waals surface area contributed by atoms with Crippen molar-refractivity contribution in [2.75, 3.05) is 0 Å². The maximum absolute atomic E-state index is 2.48. The highest BCUT2D eigenvalue weighted by atomic mass is 15.0. The van der Waals surface area contributed by atoms with Crippen LogP contribution in [0, 0.1) is 23.7 Å². The first kappa shape index (κ1) is 30.8. The van der Waals surface area contributed by atoms with Gasteiger partial charge in [0.1, 0.15) is 0 Å². The molecule has 0 radical (unpaired) electrons. The van der Waals surface area contributed by atoms with Crippen LogP contribution in [0.4, 0.5) is 0 Å². The Morgan fingerprint density at radius 1 is 0.386 bits per heavy atom. The van der Waals surface area contributed by atoms with Crippen molar-refractivity contribution < 1.29 is 0 Å². The molecule has 4 aromatic carbocycles. The van der Waals surface area contributed by atoms with E-state index in [-0.39, 0.29) is 0 Å². The SMILES string of the molecule is CC(C)CCCC(C)CCn1ccc2c3ccc4c(ccc5c4ccc4c5ccn4CCC(C)CCCC(C)C)c3ccc21. The highest BCUT2D eigenvalue weighted by Crippen LogP contribution is 2.37. The molecule has 2 nitrogen and oxygen atoms in total. The summed E-state index contributed by atoms with van der Waals surface area (Å²) < 4.78 is 4.96. The van der Waals surface area contributed by atoms with Gasteiger partial charge in [0, 0.05) is 47.3 Å². The van der Waals surface area contributed by atoms with E-state index in [1.807, 2.05) is 0 Å². The van der Waals surface area contributed by atoms with E-state index in [0.717, 1.165) is 36.8 Å². The molecule has 0 saturated carbocycles. The van der Waals surface area contributed by atoms with Gasteiger partial charge in [-0.2, -0.15) is 0 Å². The molecule has 232 valence electrons. The van der Waals surface area contributed by atoms with Crippen molar-refractivity contribution in [2.45, 2.75) is 106 Å². The van der Waals surface area contributed by atoms with Crippen LogP contribution in [0.3, 0.4) is 0 Å². The molecule has 2 aromatic heterocycles. The van der Waals surface area contributed by atoms with Gasteiger partial charge in [0.15, 0.2) is 0 Å². The molecular weight excluding hydrogens is 532 g/mol. The lowest BCUT2D eigenvalue weighted by atomic mass is 9.94. The van der Waals surface area contributed by atoms with Crippen molar-refractivity contribution in [3.8, 4) is 0 Å². The molecule has 0 saturated heterocycles. The molecule has 0 aliphatic heterocycles. The van der Waals surface area contributed by atoms with Gasteiger partial charge in [0.25, 0.3) is 0 Å². The second-order valence-corrected chi connectivity index (χ2v) is 14.9. The van der Waals surface area contributed by atoms with E-state index in [4.69, 9.17) is 0 Å². The Balaban J connectivity index is 1.24. The van der Waals surface area contributed by atoms with Gasteiger partial charge < -0.3 is 9.13 Å². The lowest BCUT2D eigenvalue weighted by Crippen LogP contribution is -2.03. The van der Waals surface area contributed by atoms with Crippen LogP contribution in [0.5, 0.6) is 0 Å². The lowest BCUT2D eigenvalue weighted by molar-refractivity contribution is 0.416. The number of nitrogens with zero attached hydrogens (tertiary/aromatic N) is 2. The quantitative estimate of drug-likeness (QED) is 0.112. The Bertz CT molecular complexity index is 1730. The molecule has 0 aliphatic carbocycles. The minimum absolute atomic E-state index is 0.773. The summed E-state index contributed by atoms with van der Waals surface area (Å²) in [5, 5.41) is 10.9. The van der Waals surface area contributed by atoms with Crippen molar-refractivity contribution in [3.63, 3.8) is 0 Å². The van der Waals surface area contributed by atoms with Crippen LogP contribution in [-0.4, -0.2) is 9.13 Å². The third-order valence-electron chi connectivity index (χ3n) is 10.4. The summed E-state index contributed by atoms with van der Waals surface area (Å²) in [5.74, 6) is 3.17. The second kappa shape index (κ2) is 13.4. The van der Waals surface area contributed by atoms with E-state index in [9.17, 15) is 0 Å². The molecule has 2 heterocycles. The molecule has 0 bridgehead atoms. The molecule has 0 N–H and O–H groups in total. The fraction of sp³-hybridized carbons (Fsp3) is 0.476. The largest absolute Gasteiger partial charge is 0.347 e. The van der Waals surface area contributed by atoms with Crippen LogP contribution >= 0.6 is 0 Å². The summed E-state index contributed by atoms with van der Waals surface area (Å²) >= 11 is 0. The zero-order valence-corrected chi connectivity index (χ0v) is 28.2. The van der Waals surface area contributed by atoms with Crippen molar-refractivity contribution >= 4 is 54.1 Å². The summed E-state index contributed by atoms with van der Waals surface area (Å²) in [6, 6.07) is 23.6. The first-order chi connectivity index (χ1) is 21.3. The molecule has 0 fully saturated rings. The standard InChI is InChI=1S/C42H54N2/c1-29(2)9-7-11-31(5)21-25-43-27-23-39-37-15-13-34-33(35(37)17-19-41(39)43)14-16-38-36(34)18-20-42-40(38)24-28-44(42)26-22-32(6)12-8-10-30(3)4/h13-20,23-24,27-32H,7-12,21-22,25-26H2,1-6H3. The first-order valence-electron chi connectivity index (χ1n) is 17.6. The average molecular weight is 587 g/mol. The first-order valence-corrected chi connectivity index (χ1v) is 17.6. The molecule has 44 heavy (non-hydrogen) atoms. The lowest BCUT2D eigenvalue weighted by Gasteiger charge is -2.14. The molecule has 6 aromatic rings. The number of hydrogen-bond acceptors (Lipinski definition) is 0. The number of hydrogen-bond donors (Lipinski definition) is 0. The molecular formula is C42H54N2. The van der Waals surface area contributed by atoms with Crippen LogP contribution < -0.4 is 0 Å². The topological polar surface area (TPSA) is 9.86 Å². The van der Waals surface area contributed by atoms with Crippen LogP contribution in [0.15, 0.2) is 73.1 Å². The van der Waals surface area contributed by atoms with Gasteiger partial charge in [0.05, 0.1) is 0 Å².